The van der Waals surface area contributed by atoms with Gasteiger partial charge in [-0.2, -0.15) is 0 Å². The Kier molecular flexibility index (Phi) is 5.59. The predicted octanol–water partition coefficient (Wildman–Crippen LogP) is 5.22. The summed E-state index contributed by atoms with van der Waals surface area (Å²) in [6.07, 6.45) is 0. The average Bonchev–Trinajstić information content (AvgIpc) is 2.84. The van der Waals surface area contributed by atoms with Gasteiger partial charge in [0.15, 0.2) is 11.5 Å². The maximum atomic E-state index is 12.8. The van der Waals surface area contributed by atoms with Gasteiger partial charge in [-0.3, -0.25) is 4.79 Å². The van der Waals surface area contributed by atoms with E-state index in [9.17, 15) is 4.79 Å². The molecule has 0 saturated heterocycles. The summed E-state index contributed by atoms with van der Waals surface area (Å²) >= 11 is 0. The lowest BCUT2D eigenvalue weighted by molar-refractivity contribution is 0.102. The van der Waals surface area contributed by atoms with E-state index < -0.39 is 0 Å². The van der Waals surface area contributed by atoms with Crippen LogP contribution in [-0.2, 0) is 0 Å². The third-order valence-electron chi connectivity index (χ3n) is 5.10. The summed E-state index contributed by atoms with van der Waals surface area (Å²) in [5.74, 6) is 2.40. The van der Waals surface area contributed by atoms with E-state index in [-0.39, 0.29) is 5.91 Å². The van der Waals surface area contributed by atoms with Gasteiger partial charge >= 0.3 is 0 Å². The topological polar surface area (TPSA) is 85.4 Å². The van der Waals surface area contributed by atoms with Crippen molar-refractivity contribution in [1.82, 2.24) is 9.97 Å². The van der Waals surface area contributed by atoms with Gasteiger partial charge in [-0.15, -0.1) is 0 Å². The van der Waals surface area contributed by atoms with Gasteiger partial charge in [-0.25, -0.2) is 9.97 Å². The highest BCUT2D eigenvalue weighted by Gasteiger charge is 2.14. The van der Waals surface area contributed by atoms with Crippen molar-refractivity contribution in [2.75, 3.05) is 23.8 Å². The van der Waals surface area contributed by atoms with Crippen LogP contribution < -0.4 is 20.1 Å². The molecule has 1 aliphatic rings. The molecule has 0 radical (unpaired) electrons. The van der Waals surface area contributed by atoms with Gasteiger partial charge in [0.25, 0.3) is 5.91 Å². The van der Waals surface area contributed by atoms with E-state index in [2.05, 4.69) is 20.6 Å². The Morgan fingerprint density at radius 3 is 2.48 bits per heavy atom. The van der Waals surface area contributed by atoms with Crippen LogP contribution in [0.5, 0.6) is 11.5 Å². The minimum atomic E-state index is -0.223. The Morgan fingerprint density at radius 1 is 0.818 bits per heavy atom. The number of hydrogen-bond donors (Lipinski definition) is 2. The molecule has 7 nitrogen and oxygen atoms in total. The first kappa shape index (κ1) is 20.5. The Morgan fingerprint density at radius 2 is 1.64 bits per heavy atom. The molecule has 2 N–H and O–H groups in total. The van der Waals surface area contributed by atoms with Gasteiger partial charge in [0, 0.05) is 34.6 Å². The maximum Gasteiger partial charge on any atom is 0.255 e. The number of carbonyl (C=O) groups excluding carboxylic acids is 1. The lowest BCUT2D eigenvalue weighted by atomic mass is 10.1. The monoisotopic (exact) mass is 438 g/mol. The Labute approximate surface area is 191 Å². The molecule has 0 aliphatic carbocycles. The minimum Gasteiger partial charge on any atom is -0.486 e. The molecule has 1 aliphatic heterocycles. The summed E-state index contributed by atoms with van der Waals surface area (Å²) in [6.45, 7) is 2.87. The molecule has 0 bridgehead atoms. The van der Waals surface area contributed by atoms with Crippen molar-refractivity contribution in [2.45, 2.75) is 6.92 Å². The van der Waals surface area contributed by atoms with Gasteiger partial charge in [-0.05, 0) is 37.3 Å². The van der Waals surface area contributed by atoms with E-state index in [1.54, 1.807) is 30.3 Å². The number of benzene rings is 3. The second-order valence-corrected chi connectivity index (χ2v) is 7.57. The van der Waals surface area contributed by atoms with E-state index in [1.165, 1.54) is 0 Å². The lowest BCUT2D eigenvalue weighted by Gasteiger charge is -2.19. The van der Waals surface area contributed by atoms with Crippen LogP contribution in [0.25, 0.3) is 11.3 Å². The summed E-state index contributed by atoms with van der Waals surface area (Å²) in [4.78, 5) is 21.9. The second-order valence-electron chi connectivity index (χ2n) is 7.57. The summed E-state index contributed by atoms with van der Waals surface area (Å²) in [5.41, 5.74) is 3.75. The van der Waals surface area contributed by atoms with E-state index in [0.717, 1.165) is 16.9 Å². The normalized spacial score (nSPS) is 12.2. The van der Waals surface area contributed by atoms with Crippen LogP contribution in [0.2, 0.25) is 0 Å². The van der Waals surface area contributed by atoms with Crippen molar-refractivity contribution in [3.8, 4) is 22.8 Å². The SMILES string of the molecule is Cc1nc(Nc2cccc(C(=O)Nc3ccc4c(c3)OCCO4)c2)cc(-c2ccccc2)n1. The number of hydrogen-bond acceptors (Lipinski definition) is 6. The fraction of sp³-hybridized carbons (Fsp3) is 0.115. The zero-order chi connectivity index (χ0) is 22.6. The van der Waals surface area contributed by atoms with Crippen molar-refractivity contribution in [3.05, 3.63) is 90.3 Å². The molecule has 0 unspecified atom stereocenters. The van der Waals surface area contributed by atoms with Crippen molar-refractivity contribution in [3.63, 3.8) is 0 Å². The molecule has 0 fully saturated rings. The smallest absolute Gasteiger partial charge is 0.255 e. The molecule has 2 heterocycles. The van der Waals surface area contributed by atoms with Crippen LogP contribution in [0.4, 0.5) is 17.2 Å². The van der Waals surface area contributed by atoms with E-state index in [4.69, 9.17) is 9.47 Å². The highest BCUT2D eigenvalue weighted by Crippen LogP contribution is 2.32. The molecule has 5 rings (SSSR count). The molecule has 0 saturated carbocycles. The van der Waals surface area contributed by atoms with E-state index in [0.29, 0.717) is 47.6 Å². The van der Waals surface area contributed by atoms with Crippen LogP contribution in [0.3, 0.4) is 0 Å². The molecule has 1 amide bonds. The van der Waals surface area contributed by atoms with Crippen LogP contribution in [0.15, 0.2) is 78.9 Å². The number of rotatable bonds is 5. The first-order chi connectivity index (χ1) is 16.1. The minimum absolute atomic E-state index is 0.223. The van der Waals surface area contributed by atoms with Gasteiger partial charge in [0.05, 0.1) is 5.69 Å². The third kappa shape index (κ3) is 4.77. The zero-order valence-corrected chi connectivity index (χ0v) is 18.0. The number of carbonyl (C=O) groups is 1. The molecule has 7 heteroatoms. The Balaban J connectivity index is 1.33. The van der Waals surface area contributed by atoms with Crippen LogP contribution in [-0.4, -0.2) is 29.1 Å². The first-order valence-corrected chi connectivity index (χ1v) is 10.6. The fourth-order valence-corrected chi connectivity index (χ4v) is 3.60. The molecule has 3 aromatic carbocycles. The molecule has 1 aromatic heterocycles. The molecule has 33 heavy (non-hydrogen) atoms. The first-order valence-electron chi connectivity index (χ1n) is 10.6. The standard InChI is InChI=1S/C26H22N4O3/c1-17-27-22(18-6-3-2-4-7-18)16-25(28-17)29-20-9-5-8-19(14-20)26(31)30-21-10-11-23-24(15-21)33-13-12-32-23/h2-11,14-16H,12-13H2,1H3,(H,30,31)(H,27,28,29). The molecule has 0 atom stereocenters. The maximum absolute atomic E-state index is 12.8. The molecule has 4 aromatic rings. The van der Waals surface area contributed by atoms with Crippen molar-refractivity contribution < 1.29 is 14.3 Å². The second kappa shape index (κ2) is 9.00. The zero-order valence-electron chi connectivity index (χ0n) is 18.0. The number of aromatic nitrogens is 2. The number of anilines is 3. The van der Waals surface area contributed by atoms with Gasteiger partial charge in [-0.1, -0.05) is 36.4 Å². The summed E-state index contributed by atoms with van der Waals surface area (Å²) in [6, 6.07) is 24.5. The Bertz CT molecular complexity index is 1310. The number of nitrogens with zero attached hydrogens (tertiary/aromatic N) is 2. The number of aryl methyl sites for hydroxylation is 1. The molecular weight excluding hydrogens is 416 g/mol. The highest BCUT2D eigenvalue weighted by atomic mass is 16.6. The van der Waals surface area contributed by atoms with Gasteiger partial charge < -0.3 is 20.1 Å². The molecule has 164 valence electrons. The van der Waals surface area contributed by atoms with Gasteiger partial charge in [0.2, 0.25) is 0 Å². The average molecular weight is 438 g/mol. The number of fused-ring (bicyclic) bond motifs is 1. The van der Waals surface area contributed by atoms with E-state index in [1.807, 2.05) is 55.5 Å². The predicted molar refractivity (Wildman–Crippen MR) is 127 cm³/mol. The van der Waals surface area contributed by atoms with Crippen LogP contribution in [0.1, 0.15) is 16.2 Å². The number of ether oxygens (including phenoxy) is 2. The third-order valence-corrected chi connectivity index (χ3v) is 5.10. The molecular formula is C26H22N4O3. The lowest BCUT2D eigenvalue weighted by Crippen LogP contribution is -2.16. The quantitative estimate of drug-likeness (QED) is 0.444. The number of amides is 1. The van der Waals surface area contributed by atoms with Crippen molar-refractivity contribution in [1.29, 1.82) is 0 Å². The van der Waals surface area contributed by atoms with Crippen LogP contribution >= 0.6 is 0 Å². The van der Waals surface area contributed by atoms with Crippen LogP contribution in [0, 0.1) is 6.92 Å². The Hall–Kier alpha value is -4.39. The summed E-state index contributed by atoms with van der Waals surface area (Å²) in [5, 5.41) is 6.20. The van der Waals surface area contributed by atoms with Crippen molar-refractivity contribution >= 4 is 23.1 Å². The van der Waals surface area contributed by atoms with Gasteiger partial charge in [0.1, 0.15) is 24.9 Å². The highest BCUT2D eigenvalue weighted by molar-refractivity contribution is 6.05. The number of nitrogens with one attached hydrogen (secondary N) is 2. The summed E-state index contributed by atoms with van der Waals surface area (Å²) < 4.78 is 11.1. The largest absolute Gasteiger partial charge is 0.486 e. The van der Waals surface area contributed by atoms with E-state index >= 15 is 0 Å². The summed E-state index contributed by atoms with van der Waals surface area (Å²) in [7, 11) is 0. The molecule has 0 spiro atoms. The van der Waals surface area contributed by atoms with Crippen molar-refractivity contribution in [2.24, 2.45) is 0 Å². The fourth-order valence-electron chi connectivity index (χ4n) is 3.60.